The second-order valence-electron chi connectivity index (χ2n) is 5.62. The first kappa shape index (κ1) is 16.5. The molecule has 2 atom stereocenters. The molecule has 0 saturated heterocycles. The van der Waals surface area contributed by atoms with Crippen molar-refractivity contribution in [2.24, 2.45) is 7.05 Å². The van der Waals surface area contributed by atoms with E-state index in [2.05, 4.69) is 43.3 Å². The third-order valence-corrected chi connectivity index (χ3v) is 4.99. The second kappa shape index (κ2) is 6.25. The van der Waals surface area contributed by atoms with Crippen molar-refractivity contribution in [1.82, 2.24) is 20.0 Å². The van der Waals surface area contributed by atoms with Crippen molar-refractivity contribution in [3.8, 4) is 0 Å². The topological polar surface area (TPSA) is 33.1 Å². The summed E-state index contributed by atoms with van der Waals surface area (Å²) in [6.45, 7) is 6.46. The maximum Gasteiger partial charge on any atom is 0.0847 e. The lowest BCUT2D eigenvalue weighted by Crippen LogP contribution is -2.57. The molecule has 1 N–H and O–H groups in total. The monoisotopic (exact) mass is 286 g/mol. The molecule has 0 saturated carbocycles. The summed E-state index contributed by atoms with van der Waals surface area (Å²) in [6.07, 6.45) is 1.94. The number of likely N-dealkylation sites (N-methyl/N-ethyl adjacent to an activating group) is 2. The molecule has 110 valence electrons. The first-order valence-electron chi connectivity index (χ1n) is 6.80. The van der Waals surface area contributed by atoms with Crippen LogP contribution in [0.15, 0.2) is 0 Å². The molecule has 4 nitrogen and oxygen atoms in total. The van der Waals surface area contributed by atoms with Crippen LogP contribution in [0.1, 0.15) is 31.7 Å². The van der Waals surface area contributed by atoms with Crippen molar-refractivity contribution in [2.75, 3.05) is 21.1 Å². The molecule has 0 spiro atoms. The Morgan fingerprint density at radius 3 is 2.37 bits per heavy atom. The van der Waals surface area contributed by atoms with E-state index < -0.39 is 0 Å². The molecule has 0 aliphatic carbocycles. The van der Waals surface area contributed by atoms with Gasteiger partial charge in [0, 0.05) is 25.0 Å². The average molecular weight is 287 g/mol. The number of aryl methyl sites for hydroxylation is 2. The van der Waals surface area contributed by atoms with Gasteiger partial charge in [0.15, 0.2) is 0 Å². The normalized spacial score (nSPS) is 16.7. The van der Waals surface area contributed by atoms with Gasteiger partial charge in [-0.05, 0) is 41.4 Å². The molecular formula is C14H27ClN4. The van der Waals surface area contributed by atoms with E-state index in [4.69, 9.17) is 11.6 Å². The summed E-state index contributed by atoms with van der Waals surface area (Å²) < 4.78 is 1.90. The molecule has 19 heavy (non-hydrogen) atoms. The number of nitrogens with zero attached hydrogens (tertiary/aromatic N) is 3. The summed E-state index contributed by atoms with van der Waals surface area (Å²) in [5.74, 6) is 0. The lowest BCUT2D eigenvalue weighted by Gasteiger charge is -2.42. The molecule has 1 rings (SSSR count). The molecule has 1 aromatic heterocycles. The number of nitrogens with one attached hydrogen (secondary N) is 1. The molecule has 0 fully saturated rings. The van der Waals surface area contributed by atoms with Gasteiger partial charge < -0.3 is 10.2 Å². The maximum absolute atomic E-state index is 6.36. The molecule has 2 unspecified atom stereocenters. The summed E-state index contributed by atoms with van der Waals surface area (Å²) in [5.41, 5.74) is 2.08. The van der Waals surface area contributed by atoms with E-state index in [1.165, 1.54) is 0 Å². The number of hydrogen-bond acceptors (Lipinski definition) is 3. The second-order valence-corrected chi connectivity index (χ2v) is 6.00. The minimum atomic E-state index is 0.0796. The highest BCUT2D eigenvalue weighted by atomic mass is 35.5. The molecule has 0 radical (unpaired) electrons. The fraction of sp³-hybridized carbons (Fsp3) is 0.786. The van der Waals surface area contributed by atoms with E-state index in [9.17, 15) is 0 Å². The third-order valence-electron chi connectivity index (χ3n) is 4.50. The van der Waals surface area contributed by atoms with Gasteiger partial charge in [-0.2, -0.15) is 5.10 Å². The zero-order valence-electron chi connectivity index (χ0n) is 13.2. The van der Waals surface area contributed by atoms with E-state index in [-0.39, 0.29) is 5.54 Å². The van der Waals surface area contributed by atoms with Crippen LogP contribution in [0.5, 0.6) is 0 Å². The number of hydrogen-bond donors (Lipinski definition) is 1. The molecular weight excluding hydrogens is 260 g/mol. The lowest BCUT2D eigenvalue weighted by atomic mass is 9.85. The van der Waals surface area contributed by atoms with E-state index in [0.717, 1.165) is 29.3 Å². The van der Waals surface area contributed by atoms with Crippen molar-refractivity contribution in [3.05, 3.63) is 16.4 Å². The summed E-state index contributed by atoms with van der Waals surface area (Å²) in [5, 5.41) is 8.63. The predicted molar refractivity (Wildman–Crippen MR) is 81.9 cm³/mol. The van der Waals surface area contributed by atoms with Crippen molar-refractivity contribution < 1.29 is 0 Å². The van der Waals surface area contributed by atoms with Gasteiger partial charge in [0.2, 0.25) is 0 Å². The van der Waals surface area contributed by atoms with Crippen molar-refractivity contribution >= 4 is 11.6 Å². The largest absolute Gasteiger partial charge is 0.315 e. The Bertz CT molecular complexity index is 427. The number of aromatic nitrogens is 2. The highest BCUT2D eigenvalue weighted by Gasteiger charge is 2.34. The minimum absolute atomic E-state index is 0.0796. The summed E-state index contributed by atoms with van der Waals surface area (Å²) in [4.78, 5) is 2.28. The van der Waals surface area contributed by atoms with Crippen molar-refractivity contribution in [3.63, 3.8) is 0 Å². The lowest BCUT2D eigenvalue weighted by molar-refractivity contribution is 0.115. The highest BCUT2D eigenvalue weighted by molar-refractivity contribution is 6.31. The van der Waals surface area contributed by atoms with Crippen LogP contribution in [0.3, 0.4) is 0 Å². The molecule has 0 aliphatic heterocycles. The van der Waals surface area contributed by atoms with Gasteiger partial charge in [0.25, 0.3) is 0 Å². The van der Waals surface area contributed by atoms with Crippen LogP contribution in [-0.4, -0.2) is 47.4 Å². The van der Waals surface area contributed by atoms with Crippen LogP contribution >= 0.6 is 11.6 Å². The summed E-state index contributed by atoms with van der Waals surface area (Å²) >= 11 is 6.36. The Morgan fingerprint density at radius 2 is 2.05 bits per heavy atom. The van der Waals surface area contributed by atoms with E-state index in [0.29, 0.717) is 6.04 Å². The first-order valence-corrected chi connectivity index (χ1v) is 7.18. The van der Waals surface area contributed by atoms with Gasteiger partial charge in [-0.1, -0.05) is 18.5 Å². The standard InChI is InChI=1S/C14H27ClN4/c1-8-14(3,18(5)6)12(16-4)9-11-13(15)10(2)17-19(11)7/h12,16H,8-9H2,1-7H3. The zero-order valence-corrected chi connectivity index (χ0v) is 14.0. The van der Waals surface area contributed by atoms with Crippen LogP contribution in [0.4, 0.5) is 0 Å². The Balaban J connectivity index is 3.06. The zero-order chi connectivity index (χ0) is 14.8. The van der Waals surface area contributed by atoms with E-state index >= 15 is 0 Å². The SMILES string of the molecule is CCC(C)(C(Cc1c(Cl)c(C)nn1C)NC)N(C)C. The van der Waals surface area contributed by atoms with Crippen LogP contribution in [-0.2, 0) is 13.5 Å². The van der Waals surface area contributed by atoms with Crippen molar-refractivity contribution in [1.29, 1.82) is 0 Å². The third kappa shape index (κ3) is 3.12. The Kier molecular flexibility index (Phi) is 5.42. The summed E-state index contributed by atoms with van der Waals surface area (Å²) in [6, 6.07) is 0.319. The van der Waals surface area contributed by atoms with E-state index in [1.54, 1.807) is 0 Å². The Hall–Kier alpha value is -0.580. The fourth-order valence-corrected chi connectivity index (χ4v) is 2.84. The van der Waals surface area contributed by atoms with Gasteiger partial charge in [-0.25, -0.2) is 0 Å². The highest BCUT2D eigenvalue weighted by Crippen LogP contribution is 2.27. The van der Waals surface area contributed by atoms with Crippen LogP contribution < -0.4 is 5.32 Å². The molecule has 0 amide bonds. The predicted octanol–water partition coefficient (Wildman–Crippen LogP) is 2.24. The number of rotatable bonds is 6. The Morgan fingerprint density at radius 1 is 1.47 bits per heavy atom. The fourth-order valence-electron chi connectivity index (χ4n) is 2.60. The summed E-state index contributed by atoms with van der Waals surface area (Å²) in [7, 11) is 8.23. The molecule has 0 aromatic carbocycles. The van der Waals surface area contributed by atoms with Crippen LogP contribution in [0, 0.1) is 6.92 Å². The van der Waals surface area contributed by atoms with Crippen LogP contribution in [0.25, 0.3) is 0 Å². The molecule has 0 aliphatic rings. The molecule has 1 aromatic rings. The smallest absolute Gasteiger partial charge is 0.0847 e. The van der Waals surface area contributed by atoms with Gasteiger partial charge in [0.1, 0.15) is 0 Å². The molecule has 0 bridgehead atoms. The molecule has 1 heterocycles. The van der Waals surface area contributed by atoms with Crippen LogP contribution in [0.2, 0.25) is 5.02 Å². The first-order chi connectivity index (χ1) is 8.77. The van der Waals surface area contributed by atoms with Crippen molar-refractivity contribution in [2.45, 2.75) is 45.2 Å². The number of halogens is 1. The Labute approximate surface area is 122 Å². The van der Waals surface area contributed by atoms with Gasteiger partial charge in [0.05, 0.1) is 16.4 Å². The minimum Gasteiger partial charge on any atom is -0.315 e. The van der Waals surface area contributed by atoms with Gasteiger partial charge in [-0.3, -0.25) is 4.68 Å². The molecule has 5 heteroatoms. The van der Waals surface area contributed by atoms with E-state index in [1.807, 2.05) is 25.7 Å². The van der Waals surface area contributed by atoms with Gasteiger partial charge >= 0.3 is 0 Å². The van der Waals surface area contributed by atoms with Gasteiger partial charge in [-0.15, -0.1) is 0 Å². The quantitative estimate of drug-likeness (QED) is 0.871. The average Bonchev–Trinajstić information content (AvgIpc) is 2.60. The maximum atomic E-state index is 6.36.